The number of nitro groups is 1. The van der Waals surface area contributed by atoms with E-state index in [1.165, 1.54) is 28.9 Å². The molecule has 0 radical (unpaired) electrons. The van der Waals surface area contributed by atoms with Gasteiger partial charge in [-0.1, -0.05) is 60.7 Å². The normalized spacial score (nSPS) is 14.1. The lowest BCUT2D eigenvalue weighted by Crippen LogP contribution is -2.49. The highest BCUT2D eigenvalue weighted by molar-refractivity contribution is 5.88. The monoisotopic (exact) mass is 538 g/mol. The van der Waals surface area contributed by atoms with E-state index in [0.29, 0.717) is 43.0 Å². The van der Waals surface area contributed by atoms with Crippen molar-refractivity contribution in [2.75, 3.05) is 39.3 Å². The summed E-state index contributed by atoms with van der Waals surface area (Å²) in [6.07, 6.45) is 2.02. The third-order valence-electron chi connectivity index (χ3n) is 7.00. The molecular weight excluding hydrogens is 508 g/mol. The topological polar surface area (TPSA) is 117 Å². The first-order valence-corrected chi connectivity index (χ1v) is 13.2. The number of hydrogen-bond donors (Lipinski definition) is 1. The average molecular weight is 539 g/mol. The smallest absolute Gasteiger partial charge is 0.280 e. The predicted molar refractivity (Wildman–Crippen MR) is 154 cm³/mol. The van der Waals surface area contributed by atoms with Crippen LogP contribution in [0.3, 0.4) is 0 Å². The number of H-pyrrole nitrogens is 1. The summed E-state index contributed by atoms with van der Waals surface area (Å²) >= 11 is 0. The summed E-state index contributed by atoms with van der Waals surface area (Å²) < 4.78 is 1.37. The molecule has 0 saturated carbocycles. The van der Waals surface area contributed by atoms with Gasteiger partial charge in [-0.2, -0.15) is 0 Å². The van der Waals surface area contributed by atoms with Crippen LogP contribution in [0.25, 0.3) is 16.9 Å². The number of rotatable bonds is 9. The lowest BCUT2D eigenvalue weighted by atomic mass is 10.1. The number of hydrogen-bond acceptors (Lipinski definition) is 6. The van der Waals surface area contributed by atoms with E-state index in [2.05, 4.69) is 15.0 Å². The molecule has 0 spiro atoms. The maximum atomic E-state index is 13.4. The van der Waals surface area contributed by atoms with Crippen LogP contribution in [-0.2, 0) is 11.2 Å². The molecule has 1 fully saturated rings. The Bertz CT molecular complexity index is 1540. The van der Waals surface area contributed by atoms with Gasteiger partial charge in [0.1, 0.15) is 0 Å². The summed E-state index contributed by atoms with van der Waals surface area (Å²) in [5.41, 5.74) is 3.05. The van der Waals surface area contributed by atoms with Crippen LogP contribution in [-0.4, -0.2) is 75.9 Å². The molecule has 10 heteroatoms. The van der Waals surface area contributed by atoms with Crippen molar-refractivity contribution in [2.45, 2.75) is 6.42 Å². The molecule has 2 heterocycles. The minimum Gasteiger partial charge on any atom is -0.340 e. The first kappa shape index (κ1) is 26.8. The van der Waals surface area contributed by atoms with Crippen molar-refractivity contribution >= 4 is 17.8 Å². The SMILES string of the molecule is O=C(Cc1ccccc1)N1CCN(CCN=Cc2c(-c3ccccc3)[nH]n(-c3ccc([N+](=O)[O-])cc3)c2=O)CC1. The predicted octanol–water partition coefficient (Wildman–Crippen LogP) is 3.55. The molecule has 10 nitrogen and oxygen atoms in total. The van der Waals surface area contributed by atoms with E-state index < -0.39 is 4.92 Å². The molecule has 0 bridgehead atoms. The number of non-ortho nitro benzene ring substituents is 1. The van der Waals surface area contributed by atoms with Gasteiger partial charge in [-0.05, 0) is 17.7 Å². The van der Waals surface area contributed by atoms with Gasteiger partial charge in [0.25, 0.3) is 11.2 Å². The average Bonchev–Trinajstić information content (AvgIpc) is 3.32. The van der Waals surface area contributed by atoms with Gasteiger partial charge in [0.2, 0.25) is 5.91 Å². The van der Waals surface area contributed by atoms with Crippen LogP contribution >= 0.6 is 0 Å². The standard InChI is InChI=1S/C30H30N6O4/c37-28(21-23-7-3-1-4-8-23)34-19-17-33(18-20-34)16-15-31-22-27-29(24-9-5-2-6-10-24)32-35(30(27)38)25-11-13-26(14-12-25)36(39)40/h1-14,22,32H,15-21H2. The molecular formula is C30H30N6O4. The zero-order valence-electron chi connectivity index (χ0n) is 22.0. The quantitative estimate of drug-likeness (QED) is 0.199. The van der Waals surface area contributed by atoms with Crippen molar-refractivity contribution < 1.29 is 9.72 Å². The third-order valence-corrected chi connectivity index (χ3v) is 7.00. The summed E-state index contributed by atoms with van der Waals surface area (Å²) in [7, 11) is 0. The Hall–Kier alpha value is -4.83. The van der Waals surface area contributed by atoms with Crippen molar-refractivity contribution in [3.8, 4) is 16.9 Å². The van der Waals surface area contributed by atoms with E-state index in [0.717, 1.165) is 30.8 Å². The number of aromatic nitrogens is 2. The molecule has 3 aromatic carbocycles. The molecule has 5 rings (SSSR count). The first-order valence-electron chi connectivity index (χ1n) is 13.2. The van der Waals surface area contributed by atoms with Crippen LogP contribution in [0.1, 0.15) is 11.1 Å². The minimum absolute atomic E-state index is 0.0465. The Kier molecular flexibility index (Phi) is 8.26. The molecule has 4 aromatic rings. The second-order valence-corrected chi connectivity index (χ2v) is 9.60. The number of nitrogens with zero attached hydrogens (tertiary/aromatic N) is 5. The fraction of sp³-hybridized carbons (Fsp3) is 0.233. The summed E-state index contributed by atoms with van der Waals surface area (Å²) in [5, 5.41) is 14.2. The molecule has 0 aliphatic carbocycles. The maximum Gasteiger partial charge on any atom is 0.280 e. The lowest BCUT2D eigenvalue weighted by molar-refractivity contribution is -0.384. The van der Waals surface area contributed by atoms with Crippen molar-refractivity contribution in [2.24, 2.45) is 4.99 Å². The Morgan fingerprint density at radius 2 is 1.57 bits per heavy atom. The van der Waals surface area contributed by atoms with Crippen LogP contribution in [0.4, 0.5) is 5.69 Å². The zero-order valence-corrected chi connectivity index (χ0v) is 22.0. The van der Waals surface area contributed by atoms with Crippen molar-refractivity contribution in [1.82, 2.24) is 19.6 Å². The van der Waals surface area contributed by atoms with Crippen LogP contribution in [0.5, 0.6) is 0 Å². The highest BCUT2D eigenvalue weighted by atomic mass is 16.6. The lowest BCUT2D eigenvalue weighted by Gasteiger charge is -2.34. The highest BCUT2D eigenvalue weighted by Gasteiger charge is 2.21. The number of nitro benzene ring substituents is 1. The first-order chi connectivity index (χ1) is 19.5. The highest BCUT2D eigenvalue weighted by Crippen LogP contribution is 2.21. The van der Waals surface area contributed by atoms with Gasteiger partial charge in [0, 0.05) is 56.6 Å². The van der Waals surface area contributed by atoms with Crippen LogP contribution in [0.2, 0.25) is 0 Å². The third kappa shape index (κ3) is 6.24. The Morgan fingerprint density at radius 3 is 2.23 bits per heavy atom. The summed E-state index contributed by atoms with van der Waals surface area (Å²) in [6.45, 7) is 4.16. The fourth-order valence-corrected chi connectivity index (χ4v) is 4.76. The second-order valence-electron chi connectivity index (χ2n) is 9.60. The summed E-state index contributed by atoms with van der Waals surface area (Å²) in [4.78, 5) is 45.3. The van der Waals surface area contributed by atoms with Crippen LogP contribution in [0.15, 0.2) is 94.7 Å². The molecule has 1 aliphatic heterocycles. The molecule has 1 aliphatic rings. The number of benzene rings is 3. The van der Waals surface area contributed by atoms with E-state index in [-0.39, 0.29) is 17.2 Å². The molecule has 40 heavy (non-hydrogen) atoms. The maximum absolute atomic E-state index is 13.4. The van der Waals surface area contributed by atoms with E-state index in [1.807, 2.05) is 65.6 Å². The Balaban J connectivity index is 1.23. The molecule has 1 amide bonds. The number of nitrogens with one attached hydrogen (secondary N) is 1. The number of piperazine rings is 1. The number of amides is 1. The van der Waals surface area contributed by atoms with Gasteiger partial charge in [-0.15, -0.1) is 0 Å². The van der Waals surface area contributed by atoms with E-state index in [1.54, 1.807) is 6.21 Å². The molecule has 1 N–H and O–H groups in total. The van der Waals surface area contributed by atoms with Crippen molar-refractivity contribution in [3.63, 3.8) is 0 Å². The van der Waals surface area contributed by atoms with Gasteiger partial charge in [-0.3, -0.25) is 34.7 Å². The summed E-state index contributed by atoms with van der Waals surface area (Å²) in [6, 6.07) is 25.1. The van der Waals surface area contributed by atoms with E-state index in [9.17, 15) is 19.7 Å². The second kappa shape index (κ2) is 12.4. The van der Waals surface area contributed by atoms with E-state index >= 15 is 0 Å². The zero-order chi connectivity index (χ0) is 27.9. The minimum atomic E-state index is -0.475. The summed E-state index contributed by atoms with van der Waals surface area (Å²) in [5.74, 6) is 0.147. The molecule has 0 atom stereocenters. The molecule has 0 unspecified atom stereocenters. The van der Waals surface area contributed by atoms with Crippen molar-refractivity contribution in [1.29, 1.82) is 0 Å². The number of aliphatic imine (C=N–C) groups is 1. The van der Waals surface area contributed by atoms with Gasteiger partial charge in [0.05, 0.1) is 34.8 Å². The van der Waals surface area contributed by atoms with Gasteiger partial charge in [0.15, 0.2) is 0 Å². The molecule has 1 aromatic heterocycles. The van der Waals surface area contributed by atoms with Gasteiger partial charge < -0.3 is 4.90 Å². The molecule has 1 saturated heterocycles. The number of aromatic amines is 1. The van der Waals surface area contributed by atoms with E-state index in [4.69, 9.17) is 0 Å². The largest absolute Gasteiger partial charge is 0.340 e. The van der Waals surface area contributed by atoms with Gasteiger partial charge >= 0.3 is 0 Å². The van der Waals surface area contributed by atoms with Crippen LogP contribution in [0, 0.1) is 10.1 Å². The number of carbonyl (C=O) groups is 1. The number of carbonyl (C=O) groups excluding carboxylic acids is 1. The molecule has 204 valence electrons. The van der Waals surface area contributed by atoms with Gasteiger partial charge in [-0.25, -0.2) is 4.68 Å². The van der Waals surface area contributed by atoms with Crippen LogP contribution < -0.4 is 5.56 Å². The Morgan fingerprint density at radius 1 is 0.925 bits per heavy atom. The fourth-order valence-electron chi connectivity index (χ4n) is 4.76. The van der Waals surface area contributed by atoms with Crippen molar-refractivity contribution in [3.05, 3.63) is 117 Å². The Labute approximate surface area is 231 Å².